The van der Waals surface area contributed by atoms with E-state index in [1.54, 1.807) is 0 Å². The molecule has 0 spiro atoms. The Kier molecular flexibility index (Phi) is 5.32. The maximum absolute atomic E-state index is 11.1. The lowest BCUT2D eigenvalue weighted by atomic mass is 10.2. The van der Waals surface area contributed by atoms with Crippen LogP contribution in [0.5, 0.6) is 5.75 Å². The van der Waals surface area contributed by atoms with Gasteiger partial charge in [0.05, 0.1) is 0 Å². The Morgan fingerprint density at radius 1 is 1.21 bits per heavy atom. The first-order valence-corrected chi connectivity index (χ1v) is 9.48. The summed E-state index contributed by atoms with van der Waals surface area (Å²) in [6.07, 6.45) is 0.338. The number of carbonyl (C=O) groups is 1. The van der Waals surface area contributed by atoms with E-state index >= 15 is 0 Å². The molecule has 0 saturated heterocycles. The van der Waals surface area contributed by atoms with E-state index in [0.717, 1.165) is 12.0 Å². The normalized spacial score (nSPS) is 13.9. The molecule has 1 aromatic carbocycles. The fourth-order valence-electron chi connectivity index (χ4n) is 1.35. The standard InChI is InChI=1S/C15H24O3Si/c1-15(2,3)19(4,5)18-14(11-16)12-17-13-9-7-6-8-10-13/h6-11,14H,12H2,1-5H3. The van der Waals surface area contributed by atoms with Gasteiger partial charge >= 0.3 is 0 Å². The summed E-state index contributed by atoms with van der Waals surface area (Å²) in [7, 11) is -1.94. The van der Waals surface area contributed by atoms with Crippen LogP contribution < -0.4 is 4.74 Å². The molecule has 1 rings (SSSR count). The van der Waals surface area contributed by atoms with E-state index < -0.39 is 14.4 Å². The van der Waals surface area contributed by atoms with Gasteiger partial charge in [0.2, 0.25) is 0 Å². The number of ether oxygens (including phenoxy) is 1. The molecule has 4 heteroatoms. The summed E-state index contributed by atoms with van der Waals surface area (Å²) in [5, 5.41) is 0.0843. The molecule has 0 N–H and O–H groups in total. The molecule has 0 saturated carbocycles. The van der Waals surface area contributed by atoms with E-state index in [1.807, 2.05) is 30.3 Å². The Hall–Kier alpha value is -1.13. The predicted octanol–water partition coefficient (Wildman–Crippen LogP) is 3.65. The largest absolute Gasteiger partial charge is 0.490 e. The van der Waals surface area contributed by atoms with E-state index in [4.69, 9.17) is 9.16 Å². The quantitative estimate of drug-likeness (QED) is 0.589. The molecule has 0 fully saturated rings. The summed E-state index contributed by atoms with van der Waals surface area (Å²) >= 11 is 0. The van der Waals surface area contributed by atoms with Crippen LogP contribution in [0.25, 0.3) is 0 Å². The van der Waals surface area contributed by atoms with Crippen molar-refractivity contribution in [3.63, 3.8) is 0 Å². The van der Waals surface area contributed by atoms with Crippen molar-refractivity contribution in [3.05, 3.63) is 30.3 Å². The van der Waals surface area contributed by atoms with Crippen LogP contribution in [-0.4, -0.2) is 27.3 Å². The molecule has 19 heavy (non-hydrogen) atoms. The second-order valence-electron chi connectivity index (χ2n) is 6.18. The van der Waals surface area contributed by atoms with Crippen LogP contribution in [0.1, 0.15) is 20.8 Å². The third kappa shape index (κ3) is 4.80. The number of para-hydroxylation sites is 1. The highest BCUT2D eigenvalue weighted by Crippen LogP contribution is 2.37. The molecule has 0 amide bonds. The lowest BCUT2D eigenvalue weighted by Crippen LogP contribution is -2.45. The van der Waals surface area contributed by atoms with Crippen molar-refractivity contribution in [1.29, 1.82) is 0 Å². The highest BCUT2D eigenvalue weighted by atomic mass is 28.4. The van der Waals surface area contributed by atoms with Gasteiger partial charge in [-0.1, -0.05) is 39.0 Å². The average Bonchev–Trinajstić information content (AvgIpc) is 2.34. The van der Waals surface area contributed by atoms with Crippen molar-refractivity contribution in [2.24, 2.45) is 0 Å². The SMILES string of the molecule is CC(C)(C)[Si](C)(C)OC(C=O)COc1ccccc1. The van der Waals surface area contributed by atoms with Crippen molar-refractivity contribution in [2.45, 2.75) is 45.0 Å². The number of hydrogen-bond donors (Lipinski definition) is 0. The van der Waals surface area contributed by atoms with Gasteiger partial charge in [-0.2, -0.15) is 0 Å². The van der Waals surface area contributed by atoms with E-state index in [9.17, 15) is 4.79 Å². The zero-order valence-electron chi connectivity index (χ0n) is 12.5. The maximum Gasteiger partial charge on any atom is 0.193 e. The molecule has 0 aliphatic carbocycles. The van der Waals surface area contributed by atoms with E-state index in [-0.39, 0.29) is 11.6 Å². The van der Waals surface area contributed by atoms with Crippen molar-refractivity contribution in [1.82, 2.24) is 0 Å². The van der Waals surface area contributed by atoms with E-state index in [1.165, 1.54) is 0 Å². The zero-order valence-corrected chi connectivity index (χ0v) is 13.5. The Balaban J connectivity index is 2.58. The van der Waals surface area contributed by atoms with Crippen LogP contribution in [0.15, 0.2) is 30.3 Å². The minimum Gasteiger partial charge on any atom is -0.490 e. The van der Waals surface area contributed by atoms with Crippen molar-refractivity contribution >= 4 is 14.6 Å². The average molecular weight is 280 g/mol. The molecule has 0 aliphatic heterocycles. The van der Waals surface area contributed by atoms with Gasteiger partial charge in [-0.3, -0.25) is 0 Å². The number of aldehydes is 1. The highest BCUT2D eigenvalue weighted by Gasteiger charge is 2.39. The van der Waals surface area contributed by atoms with Crippen LogP contribution >= 0.6 is 0 Å². The topological polar surface area (TPSA) is 35.5 Å². The first-order chi connectivity index (χ1) is 8.76. The Morgan fingerprint density at radius 3 is 2.26 bits per heavy atom. The predicted molar refractivity (Wildman–Crippen MR) is 80.1 cm³/mol. The molecule has 0 aromatic heterocycles. The number of benzene rings is 1. The fraction of sp³-hybridized carbons (Fsp3) is 0.533. The molecule has 0 radical (unpaired) electrons. The summed E-state index contributed by atoms with van der Waals surface area (Å²) in [5.41, 5.74) is 0. The number of hydrogen-bond acceptors (Lipinski definition) is 3. The van der Waals surface area contributed by atoms with Gasteiger partial charge < -0.3 is 14.0 Å². The van der Waals surface area contributed by atoms with Crippen molar-refractivity contribution < 1.29 is 14.0 Å². The first-order valence-electron chi connectivity index (χ1n) is 6.57. The van der Waals surface area contributed by atoms with Gasteiger partial charge in [0.15, 0.2) is 14.6 Å². The Morgan fingerprint density at radius 2 is 1.79 bits per heavy atom. The summed E-state index contributed by atoms with van der Waals surface area (Å²) in [6.45, 7) is 11.0. The monoisotopic (exact) mass is 280 g/mol. The number of carbonyl (C=O) groups excluding carboxylic acids is 1. The van der Waals surface area contributed by atoms with Crippen molar-refractivity contribution in [2.75, 3.05) is 6.61 Å². The summed E-state index contributed by atoms with van der Waals surface area (Å²) in [4.78, 5) is 11.1. The van der Waals surface area contributed by atoms with Crippen LogP contribution in [0.2, 0.25) is 18.1 Å². The van der Waals surface area contributed by atoms with Gasteiger partial charge in [-0.25, -0.2) is 0 Å². The third-order valence-electron chi connectivity index (χ3n) is 3.56. The molecule has 3 nitrogen and oxygen atoms in total. The molecule has 0 bridgehead atoms. The molecule has 0 aliphatic rings. The number of rotatable bonds is 6. The summed E-state index contributed by atoms with van der Waals surface area (Å²) < 4.78 is 11.6. The van der Waals surface area contributed by atoms with Gasteiger partial charge in [0, 0.05) is 0 Å². The lowest BCUT2D eigenvalue weighted by Gasteiger charge is -2.37. The molecule has 1 unspecified atom stereocenters. The van der Waals surface area contributed by atoms with Crippen molar-refractivity contribution in [3.8, 4) is 5.75 Å². The molecule has 0 heterocycles. The van der Waals surface area contributed by atoms with E-state index in [2.05, 4.69) is 33.9 Å². The first kappa shape index (κ1) is 15.9. The van der Waals surface area contributed by atoms with Gasteiger partial charge in [-0.05, 0) is 30.3 Å². The molecule has 1 aromatic rings. The maximum atomic E-state index is 11.1. The van der Waals surface area contributed by atoms with Gasteiger partial charge in [0.1, 0.15) is 18.5 Å². The second-order valence-corrected chi connectivity index (χ2v) is 10.9. The van der Waals surface area contributed by atoms with Gasteiger partial charge in [-0.15, -0.1) is 0 Å². The Bertz CT molecular complexity index is 396. The smallest absolute Gasteiger partial charge is 0.193 e. The minimum absolute atomic E-state index is 0.0843. The third-order valence-corrected chi connectivity index (χ3v) is 8.07. The van der Waals surface area contributed by atoms with Crippen LogP contribution in [0, 0.1) is 0 Å². The molecular formula is C15H24O3Si. The lowest BCUT2D eigenvalue weighted by molar-refractivity contribution is -0.115. The minimum atomic E-state index is -1.94. The molecular weight excluding hydrogens is 256 g/mol. The fourth-order valence-corrected chi connectivity index (χ4v) is 2.59. The zero-order chi connectivity index (χ0) is 14.5. The van der Waals surface area contributed by atoms with Crippen LogP contribution in [-0.2, 0) is 9.22 Å². The molecule has 106 valence electrons. The second kappa shape index (κ2) is 6.35. The van der Waals surface area contributed by atoms with Gasteiger partial charge in [0.25, 0.3) is 0 Å². The van der Waals surface area contributed by atoms with Crippen LogP contribution in [0.3, 0.4) is 0 Å². The van der Waals surface area contributed by atoms with E-state index in [0.29, 0.717) is 0 Å². The summed E-state index contributed by atoms with van der Waals surface area (Å²) in [6, 6.07) is 9.47. The Labute approximate surface area is 117 Å². The highest BCUT2D eigenvalue weighted by molar-refractivity contribution is 6.74. The van der Waals surface area contributed by atoms with Crippen LogP contribution in [0.4, 0.5) is 0 Å². The summed E-state index contributed by atoms with van der Waals surface area (Å²) in [5.74, 6) is 0.758. The molecule has 1 atom stereocenters.